The molecule has 4 heterocycles. The fourth-order valence-corrected chi connectivity index (χ4v) is 2.69. The van der Waals surface area contributed by atoms with Gasteiger partial charge in [0.2, 0.25) is 0 Å². The lowest BCUT2D eigenvalue weighted by molar-refractivity contribution is 0.589. The van der Waals surface area contributed by atoms with Crippen molar-refractivity contribution in [2.75, 3.05) is 31.1 Å². The van der Waals surface area contributed by atoms with Crippen LogP contribution < -0.4 is 10.2 Å². The second-order valence-corrected chi connectivity index (χ2v) is 5.12. The van der Waals surface area contributed by atoms with Crippen LogP contribution in [-0.4, -0.2) is 45.8 Å². The van der Waals surface area contributed by atoms with Crippen LogP contribution in [0.1, 0.15) is 0 Å². The maximum atomic E-state index is 4.29. The monoisotopic (exact) mass is 280 g/mol. The molecule has 1 saturated heterocycles. The minimum absolute atomic E-state index is 0.824. The number of nitrogens with one attached hydrogen (secondary N) is 1. The Bertz CT molecular complexity index is 745. The molecule has 0 aliphatic carbocycles. The van der Waals surface area contributed by atoms with Gasteiger partial charge in [-0.05, 0) is 18.2 Å². The molecule has 0 saturated carbocycles. The molecule has 0 amide bonds. The fourth-order valence-electron chi connectivity index (χ4n) is 2.69. The van der Waals surface area contributed by atoms with E-state index >= 15 is 0 Å². The first kappa shape index (κ1) is 12.3. The van der Waals surface area contributed by atoms with Gasteiger partial charge in [-0.25, -0.2) is 0 Å². The van der Waals surface area contributed by atoms with E-state index < -0.39 is 0 Å². The van der Waals surface area contributed by atoms with Gasteiger partial charge in [0.05, 0.1) is 0 Å². The predicted molar refractivity (Wildman–Crippen MR) is 81.3 cm³/mol. The second kappa shape index (κ2) is 5.14. The van der Waals surface area contributed by atoms with Gasteiger partial charge in [0.1, 0.15) is 0 Å². The number of fused-ring (bicyclic) bond motifs is 1. The standard InChI is InChI=1S/C15H16N6/c1-2-12(11-17-4-1)15-19-18-14-10-13(3-7-21(14)15)20-8-5-16-6-9-20/h1-4,7,10-11,16H,5-6,8-9H2. The summed E-state index contributed by atoms with van der Waals surface area (Å²) in [6.45, 7) is 4.11. The number of nitrogens with zero attached hydrogens (tertiary/aromatic N) is 5. The van der Waals surface area contributed by atoms with Gasteiger partial charge in [-0.3, -0.25) is 9.38 Å². The topological polar surface area (TPSA) is 58.4 Å². The number of piperazine rings is 1. The summed E-state index contributed by atoms with van der Waals surface area (Å²) in [4.78, 5) is 6.51. The van der Waals surface area contributed by atoms with E-state index in [0.29, 0.717) is 0 Å². The summed E-state index contributed by atoms with van der Waals surface area (Å²) >= 11 is 0. The van der Waals surface area contributed by atoms with E-state index in [1.165, 1.54) is 5.69 Å². The predicted octanol–water partition coefficient (Wildman–Crippen LogP) is 1.20. The van der Waals surface area contributed by atoms with Crippen molar-refractivity contribution in [1.29, 1.82) is 0 Å². The lowest BCUT2D eigenvalue weighted by atomic mass is 10.2. The Morgan fingerprint density at radius 2 is 2.00 bits per heavy atom. The Labute approximate surface area is 122 Å². The highest BCUT2D eigenvalue weighted by molar-refractivity contribution is 5.62. The molecule has 106 valence electrons. The minimum Gasteiger partial charge on any atom is -0.369 e. The summed E-state index contributed by atoms with van der Waals surface area (Å²) < 4.78 is 2.00. The summed E-state index contributed by atoms with van der Waals surface area (Å²) in [6.07, 6.45) is 5.60. The van der Waals surface area contributed by atoms with E-state index in [1.807, 2.05) is 22.7 Å². The van der Waals surface area contributed by atoms with Gasteiger partial charge in [-0.2, -0.15) is 0 Å². The first-order valence-corrected chi connectivity index (χ1v) is 7.13. The largest absolute Gasteiger partial charge is 0.369 e. The van der Waals surface area contributed by atoms with Crippen LogP contribution in [0.3, 0.4) is 0 Å². The number of aromatic nitrogens is 4. The molecule has 4 rings (SSSR count). The van der Waals surface area contributed by atoms with Crippen molar-refractivity contribution in [3.05, 3.63) is 42.9 Å². The van der Waals surface area contributed by atoms with Crippen molar-refractivity contribution in [2.45, 2.75) is 0 Å². The first-order chi connectivity index (χ1) is 10.4. The van der Waals surface area contributed by atoms with E-state index in [-0.39, 0.29) is 0 Å². The average Bonchev–Trinajstić information content (AvgIpc) is 2.99. The van der Waals surface area contributed by atoms with Crippen molar-refractivity contribution in [1.82, 2.24) is 24.9 Å². The van der Waals surface area contributed by atoms with Crippen molar-refractivity contribution < 1.29 is 0 Å². The Morgan fingerprint density at radius 3 is 2.81 bits per heavy atom. The van der Waals surface area contributed by atoms with Crippen LogP contribution in [0.25, 0.3) is 17.0 Å². The fraction of sp³-hybridized carbons (Fsp3) is 0.267. The van der Waals surface area contributed by atoms with Crippen LogP contribution in [0.4, 0.5) is 5.69 Å². The molecule has 3 aromatic rings. The zero-order valence-corrected chi connectivity index (χ0v) is 11.6. The highest BCUT2D eigenvalue weighted by atomic mass is 15.3. The summed E-state index contributed by atoms with van der Waals surface area (Å²) in [5, 5.41) is 12.0. The normalized spacial score (nSPS) is 15.5. The maximum Gasteiger partial charge on any atom is 0.169 e. The third-order valence-corrected chi connectivity index (χ3v) is 3.80. The number of hydrogen-bond acceptors (Lipinski definition) is 5. The molecular weight excluding hydrogens is 264 g/mol. The van der Waals surface area contributed by atoms with Crippen molar-refractivity contribution in [2.24, 2.45) is 0 Å². The van der Waals surface area contributed by atoms with Gasteiger partial charge >= 0.3 is 0 Å². The Hall–Kier alpha value is -2.47. The zero-order valence-electron chi connectivity index (χ0n) is 11.6. The van der Waals surface area contributed by atoms with Crippen LogP contribution >= 0.6 is 0 Å². The average molecular weight is 280 g/mol. The molecule has 6 nitrogen and oxygen atoms in total. The number of hydrogen-bond donors (Lipinski definition) is 1. The van der Waals surface area contributed by atoms with Gasteiger partial charge in [0.25, 0.3) is 0 Å². The highest BCUT2D eigenvalue weighted by Gasteiger charge is 2.13. The molecule has 0 bridgehead atoms. The third kappa shape index (κ3) is 2.23. The second-order valence-electron chi connectivity index (χ2n) is 5.12. The molecular formula is C15H16N6. The van der Waals surface area contributed by atoms with Gasteiger partial charge in [0, 0.05) is 62.1 Å². The zero-order chi connectivity index (χ0) is 14.1. The number of rotatable bonds is 2. The van der Waals surface area contributed by atoms with E-state index in [0.717, 1.165) is 43.2 Å². The van der Waals surface area contributed by atoms with Crippen LogP contribution in [0.5, 0.6) is 0 Å². The first-order valence-electron chi connectivity index (χ1n) is 7.13. The molecule has 6 heteroatoms. The molecule has 3 aromatic heterocycles. The molecule has 1 aliphatic heterocycles. The van der Waals surface area contributed by atoms with Gasteiger partial charge in [0.15, 0.2) is 11.5 Å². The SMILES string of the molecule is c1cncc(-c2nnc3cc(N4CCNCC4)ccn23)c1. The van der Waals surface area contributed by atoms with Gasteiger partial charge in [-0.1, -0.05) is 0 Å². The number of pyridine rings is 2. The summed E-state index contributed by atoms with van der Waals surface area (Å²) in [5.74, 6) is 0.824. The summed E-state index contributed by atoms with van der Waals surface area (Å²) in [5.41, 5.74) is 3.04. The Kier molecular flexibility index (Phi) is 3.01. The lowest BCUT2D eigenvalue weighted by Gasteiger charge is -2.29. The van der Waals surface area contributed by atoms with Crippen LogP contribution in [0.2, 0.25) is 0 Å². The van der Waals surface area contributed by atoms with E-state index in [2.05, 4.69) is 37.5 Å². The van der Waals surface area contributed by atoms with Crippen LogP contribution in [0.15, 0.2) is 42.9 Å². The van der Waals surface area contributed by atoms with Crippen molar-refractivity contribution in [3.8, 4) is 11.4 Å². The Morgan fingerprint density at radius 1 is 1.10 bits per heavy atom. The summed E-state index contributed by atoms with van der Waals surface area (Å²) in [6, 6.07) is 8.12. The van der Waals surface area contributed by atoms with Crippen molar-refractivity contribution >= 4 is 11.3 Å². The molecule has 0 spiro atoms. The van der Waals surface area contributed by atoms with E-state index in [9.17, 15) is 0 Å². The quantitative estimate of drug-likeness (QED) is 0.764. The van der Waals surface area contributed by atoms with E-state index in [4.69, 9.17) is 0 Å². The summed E-state index contributed by atoms with van der Waals surface area (Å²) in [7, 11) is 0. The van der Waals surface area contributed by atoms with Crippen LogP contribution in [-0.2, 0) is 0 Å². The molecule has 1 fully saturated rings. The Balaban J connectivity index is 1.74. The van der Waals surface area contributed by atoms with Gasteiger partial charge in [-0.15, -0.1) is 10.2 Å². The number of anilines is 1. The lowest BCUT2D eigenvalue weighted by Crippen LogP contribution is -2.43. The molecule has 0 aromatic carbocycles. The third-order valence-electron chi connectivity index (χ3n) is 3.80. The van der Waals surface area contributed by atoms with Crippen molar-refractivity contribution in [3.63, 3.8) is 0 Å². The molecule has 0 atom stereocenters. The molecule has 0 radical (unpaired) electrons. The molecule has 21 heavy (non-hydrogen) atoms. The maximum absolute atomic E-state index is 4.29. The van der Waals surface area contributed by atoms with E-state index in [1.54, 1.807) is 12.4 Å². The van der Waals surface area contributed by atoms with Gasteiger partial charge < -0.3 is 10.2 Å². The minimum atomic E-state index is 0.824. The molecule has 1 N–H and O–H groups in total. The highest BCUT2D eigenvalue weighted by Crippen LogP contribution is 2.21. The smallest absolute Gasteiger partial charge is 0.169 e. The molecule has 1 aliphatic rings. The molecule has 0 unspecified atom stereocenters. The van der Waals surface area contributed by atoms with Crippen LogP contribution in [0, 0.1) is 0 Å².